The summed E-state index contributed by atoms with van der Waals surface area (Å²) in [5.41, 5.74) is -0.0646. The Kier molecular flexibility index (Phi) is 1.73. The van der Waals surface area contributed by atoms with E-state index in [0.717, 1.165) is 5.56 Å². The predicted octanol–water partition coefficient (Wildman–Crippen LogP) is 0.445. The van der Waals surface area contributed by atoms with Crippen molar-refractivity contribution in [2.75, 3.05) is 0 Å². The van der Waals surface area contributed by atoms with Gasteiger partial charge in [0.1, 0.15) is 11.3 Å². The maximum atomic E-state index is 11.4. The van der Waals surface area contributed by atoms with Crippen LogP contribution in [0.25, 0.3) is 11.5 Å². The van der Waals surface area contributed by atoms with Crippen LogP contribution >= 0.6 is 0 Å². The van der Waals surface area contributed by atoms with Crippen molar-refractivity contribution >= 4 is 0 Å². The van der Waals surface area contributed by atoms with E-state index >= 15 is 0 Å². The molecule has 2 aliphatic rings. The molecule has 2 heterocycles. The lowest BCUT2D eigenvalue weighted by Gasteiger charge is -2.05. The van der Waals surface area contributed by atoms with Crippen LogP contribution in [-0.4, -0.2) is 9.97 Å². The molecule has 1 N–H and O–H groups in total. The van der Waals surface area contributed by atoms with Gasteiger partial charge in [0.2, 0.25) is 5.89 Å². The van der Waals surface area contributed by atoms with Gasteiger partial charge in [-0.25, -0.2) is 4.79 Å². The smallest absolute Gasteiger partial charge is 0.351 e. The summed E-state index contributed by atoms with van der Waals surface area (Å²) in [5.74, 6) is 0.712. The number of nitrogens with zero attached hydrogens (tertiary/aromatic N) is 1. The van der Waals surface area contributed by atoms with Crippen LogP contribution in [0.5, 0.6) is 0 Å². The van der Waals surface area contributed by atoms with Gasteiger partial charge in [0.05, 0.1) is 0 Å². The number of rotatable bonds is 0. The zero-order valence-corrected chi connectivity index (χ0v) is 7.75. The molecule has 0 unspecified atom stereocenters. The summed E-state index contributed by atoms with van der Waals surface area (Å²) in [4.78, 5) is 27.9. The first-order valence-electron chi connectivity index (χ1n) is 4.09. The maximum absolute atomic E-state index is 11.4. The van der Waals surface area contributed by atoms with E-state index in [0.29, 0.717) is 11.3 Å². The highest BCUT2D eigenvalue weighted by atomic mass is 16.3. The molecule has 0 saturated heterocycles. The molecule has 2 rings (SSSR count). The average Bonchev–Trinajstić information content (AvgIpc) is 1.99. The molecule has 0 aliphatic carbocycles. The van der Waals surface area contributed by atoms with E-state index in [4.69, 9.17) is 4.42 Å². The van der Waals surface area contributed by atoms with E-state index in [1.807, 2.05) is 0 Å². The molecule has 0 radical (unpaired) electrons. The molecule has 14 heavy (non-hydrogen) atoms. The minimum Gasteiger partial charge on any atom is -0.443 e. The molecule has 0 aromatic carbocycles. The van der Waals surface area contributed by atoms with Gasteiger partial charge in [-0.15, -0.1) is 0 Å². The second kappa shape index (κ2) is 2.80. The summed E-state index contributed by atoms with van der Waals surface area (Å²) < 4.78 is 5.17. The monoisotopic (exact) mass is 192 g/mol. The van der Waals surface area contributed by atoms with Gasteiger partial charge in [0.25, 0.3) is 5.56 Å². The number of hydrogen-bond donors (Lipinski definition) is 1. The molecule has 0 aromatic heterocycles. The van der Waals surface area contributed by atoms with Crippen LogP contribution in [0, 0.1) is 13.8 Å². The Balaban J connectivity index is 3.01. The lowest BCUT2D eigenvalue weighted by Crippen LogP contribution is -2.25. The number of fused-ring (bicyclic) bond motifs is 1. The number of hydrogen-bond acceptors (Lipinski definition) is 4. The Hall–Kier alpha value is -1.91. The Morgan fingerprint density at radius 2 is 2.07 bits per heavy atom. The van der Waals surface area contributed by atoms with Gasteiger partial charge in [-0.1, -0.05) is 0 Å². The Morgan fingerprint density at radius 3 is 2.79 bits per heavy atom. The first-order chi connectivity index (χ1) is 6.58. The van der Waals surface area contributed by atoms with Crippen molar-refractivity contribution in [3.05, 3.63) is 38.2 Å². The van der Waals surface area contributed by atoms with Crippen LogP contribution in [0.4, 0.5) is 0 Å². The highest BCUT2D eigenvalue weighted by molar-refractivity contribution is 5.57. The van der Waals surface area contributed by atoms with E-state index in [9.17, 15) is 9.59 Å². The summed E-state index contributed by atoms with van der Waals surface area (Å²) in [6.45, 7) is 3.51. The summed E-state index contributed by atoms with van der Waals surface area (Å²) in [5, 5.41) is 0. The Labute approximate surface area is 78.8 Å². The largest absolute Gasteiger partial charge is 0.443 e. The highest BCUT2D eigenvalue weighted by Crippen LogP contribution is 2.19. The van der Waals surface area contributed by atoms with Crippen LogP contribution in [0.15, 0.2) is 20.1 Å². The Bertz CT molecular complexity index is 567. The second-order valence-corrected chi connectivity index (χ2v) is 3.09. The van der Waals surface area contributed by atoms with E-state index in [2.05, 4.69) is 9.97 Å². The third kappa shape index (κ3) is 1.22. The number of H-pyrrole nitrogens is 1. The fourth-order valence-corrected chi connectivity index (χ4v) is 1.41. The number of nitrogens with one attached hydrogen (secondary N) is 1. The second-order valence-electron chi connectivity index (χ2n) is 3.09. The molecule has 0 saturated carbocycles. The zero-order valence-electron chi connectivity index (χ0n) is 7.75. The van der Waals surface area contributed by atoms with Crippen LogP contribution in [0.1, 0.15) is 11.3 Å². The number of aromatic nitrogens is 2. The molecular formula is C9H8N2O3. The van der Waals surface area contributed by atoms with Crippen molar-refractivity contribution in [3.63, 3.8) is 0 Å². The molecular weight excluding hydrogens is 184 g/mol. The van der Waals surface area contributed by atoms with Gasteiger partial charge in [0, 0.05) is 0 Å². The molecule has 72 valence electrons. The van der Waals surface area contributed by atoms with Crippen molar-refractivity contribution < 1.29 is 4.42 Å². The molecule has 0 fully saturated rings. The lowest BCUT2D eigenvalue weighted by molar-refractivity contribution is 0.509. The topological polar surface area (TPSA) is 76.0 Å². The molecule has 0 bridgehead atoms. The molecule has 5 heteroatoms. The molecule has 0 aromatic rings. The van der Waals surface area contributed by atoms with Crippen molar-refractivity contribution in [2.24, 2.45) is 0 Å². The first kappa shape index (κ1) is 8.68. The maximum Gasteiger partial charge on any atom is 0.351 e. The van der Waals surface area contributed by atoms with Gasteiger partial charge in [0.15, 0.2) is 0 Å². The van der Waals surface area contributed by atoms with Gasteiger partial charge >= 0.3 is 5.69 Å². The van der Waals surface area contributed by atoms with Gasteiger partial charge in [-0.3, -0.25) is 9.78 Å². The normalized spacial score (nSPS) is 10.7. The summed E-state index contributed by atoms with van der Waals surface area (Å²) in [7, 11) is 0. The van der Waals surface area contributed by atoms with Crippen molar-refractivity contribution in [1.29, 1.82) is 0 Å². The zero-order chi connectivity index (χ0) is 10.3. The van der Waals surface area contributed by atoms with Crippen molar-refractivity contribution in [3.8, 4) is 11.5 Å². The fourth-order valence-electron chi connectivity index (χ4n) is 1.41. The standard InChI is InChI=1S/C9H8N2O3/c1-4-3-5(2)14-8-6(4)7(12)10-9(13)11-8/h3H,1-2H3,(H,10,12,13). The van der Waals surface area contributed by atoms with Crippen LogP contribution < -0.4 is 11.2 Å². The highest BCUT2D eigenvalue weighted by Gasteiger charge is 2.15. The number of aryl methyl sites for hydroxylation is 2. The van der Waals surface area contributed by atoms with Crippen LogP contribution in [-0.2, 0) is 0 Å². The third-order valence-corrected chi connectivity index (χ3v) is 1.94. The summed E-state index contributed by atoms with van der Waals surface area (Å²) in [6.07, 6.45) is 0. The van der Waals surface area contributed by atoms with Gasteiger partial charge in [-0.2, -0.15) is 4.98 Å². The van der Waals surface area contributed by atoms with E-state index in [1.165, 1.54) is 0 Å². The molecule has 0 amide bonds. The van der Waals surface area contributed by atoms with E-state index < -0.39 is 11.2 Å². The average molecular weight is 192 g/mol. The van der Waals surface area contributed by atoms with E-state index in [-0.39, 0.29) is 5.89 Å². The van der Waals surface area contributed by atoms with Gasteiger partial charge < -0.3 is 4.42 Å². The SMILES string of the molecule is Cc1cc(C)c2c(=O)[nH]c(=O)nc-2o1. The van der Waals surface area contributed by atoms with Gasteiger partial charge in [-0.05, 0) is 25.5 Å². The van der Waals surface area contributed by atoms with Crippen molar-refractivity contribution in [1.82, 2.24) is 9.97 Å². The summed E-state index contributed by atoms with van der Waals surface area (Å²) in [6, 6.07) is 1.73. The molecule has 2 aliphatic heterocycles. The predicted molar refractivity (Wildman–Crippen MR) is 49.5 cm³/mol. The molecule has 0 atom stereocenters. The van der Waals surface area contributed by atoms with Crippen molar-refractivity contribution in [2.45, 2.75) is 13.8 Å². The molecule has 0 spiro atoms. The quantitative estimate of drug-likeness (QED) is 0.657. The number of aromatic amines is 1. The Morgan fingerprint density at radius 1 is 1.36 bits per heavy atom. The third-order valence-electron chi connectivity index (χ3n) is 1.94. The minimum atomic E-state index is -0.684. The summed E-state index contributed by atoms with van der Waals surface area (Å²) >= 11 is 0. The first-order valence-corrected chi connectivity index (χ1v) is 4.09. The minimum absolute atomic E-state index is 0.0938. The fraction of sp³-hybridized carbons (Fsp3) is 0.222. The lowest BCUT2D eigenvalue weighted by atomic mass is 10.1. The molecule has 5 nitrogen and oxygen atoms in total. The van der Waals surface area contributed by atoms with Crippen LogP contribution in [0.3, 0.4) is 0 Å². The van der Waals surface area contributed by atoms with E-state index in [1.54, 1.807) is 19.9 Å². The van der Waals surface area contributed by atoms with Crippen LogP contribution in [0.2, 0.25) is 0 Å².